The minimum atomic E-state index is -0.496. The summed E-state index contributed by atoms with van der Waals surface area (Å²) >= 11 is 0. The molecule has 1 heterocycles. The maximum absolute atomic E-state index is 13.1. The number of rotatable bonds is 8. The third kappa shape index (κ3) is 4.92. The predicted octanol–water partition coefficient (Wildman–Crippen LogP) is 4.60. The van der Waals surface area contributed by atoms with Crippen LogP contribution in [0.5, 0.6) is 17.2 Å². The third-order valence-electron chi connectivity index (χ3n) is 5.38. The fourth-order valence-electron chi connectivity index (χ4n) is 3.68. The molecule has 1 aromatic heterocycles. The van der Waals surface area contributed by atoms with Crippen molar-refractivity contribution in [3.05, 3.63) is 88.0 Å². The van der Waals surface area contributed by atoms with Gasteiger partial charge in [-0.05, 0) is 24.3 Å². The molecule has 4 rings (SSSR count). The zero-order chi connectivity index (χ0) is 25.7. The number of nitrogens with one attached hydrogen (secondary N) is 1. The molecule has 0 saturated heterocycles. The molecule has 1 amide bonds. The van der Waals surface area contributed by atoms with Crippen molar-refractivity contribution in [2.24, 2.45) is 5.10 Å². The van der Waals surface area contributed by atoms with Crippen LogP contribution in [-0.2, 0) is 0 Å². The van der Waals surface area contributed by atoms with Gasteiger partial charge in [-0.3, -0.25) is 14.9 Å². The number of nitro benzene ring substituents is 1. The number of nitrogens with zero attached hydrogens (tertiary/aromatic N) is 3. The molecule has 0 aliphatic carbocycles. The number of carbonyl (C=O) groups excluding carboxylic acids is 1. The van der Waals surface area contributed by atoms with Gasteiger partial charge in [-0.25, -0.2) is 10.4 Å². The van der Waals surface area contributed by atoms with Crippen molar-refractivity contribution in [3.63, 3.8) is 0 Å². The molecule has 4 aromatic rings. The third-order valence-corrected chi connectivity index (χ3v) is 5.38. The van der Waals surface area contributed by atoms with Crippen LogP contribution in [-0.4, -0.2) is 43.4 Å². The van der Waals surface area contributed by atoms with Crippen LogP contribution in [0, 0.1) is 10.1 Å². The summed E-state index contributed by atoms with van der Waals surface area (Å²) in [5.74, 6) is 0.880. The number of aromatic nitrogens is 1. The highest BCUT2D eigenvalue weighted by molar-refractivity contribution is 6.07. The monoisotopic (exact) mass is 486 g/mol. The molecule has 0 saturated carbocycles. The first-order valence-corrected chi connectivity index (χ1v) is 10.7. The Bertz CT molecular complexity index is 1460. The Morgan fingerprint density at radius 1 is 0.972 bits per heavy atom. The largest absolute Gasteiger partial charge is 0.493 e. The number of methoxy groups -OCH3 is 3. The van der Waals surface area contributed by atoms with Gasteiger partial charge in [-0.15, -0.1) is 0 Å². The second-order valence-corrected chi connectivity index (χ2v) is 7.54. The first-order chi connectivity index (χ1) is 17.4. The van der Waals surface area contributed by atoms with E-state index in [4.69, 9.17) is 19.2 Å². The fraction of sp³-hybridized carbons (Fsp3) is 0.115. The number of non-ortho nitro benzene ring substituents is 1. The van der Waals surface area contributed by atoms with E-state index in [1.807, 2.05) is 12.1 Å². The van der Waals surface area contributed by atoms with Crippen LogP contribution in [0.15, 0.2) is 71.8 Å². The number of benzene rings is 3. The number of hydrogen-bond donors (Lipinski definition) is 1. The molecule has 3 aromatic carbocycles. The van der Waals surface area contributed by atoms with Gasteiger partial charge in [0.25, 0.3) is 11.6 Å². The minimum absolute atomic E-state index is 0.0691. The molecule has 0 aliphatic heterocycles. The highest BCUT2D eigenvalue weighted by Crippen LogP contribution is 2.41. The number of pyridine rings is 1. The summed E-state index contributed by atoms with van der Waals surface area (Å²) in [6.07, 6.45) is 1.34. The van der Waals surface area contributed by atoms with E-state index in [1.165, 1.54) is 39.7 Å². The first-order valence-electron chi connectivity index (χ1n) is 10.7. The van der Waals surface area contributed by atoms with Gasteiger partial charge in [0.1, 0.15) is 0 Å². The Kier molecular flexibility index (Phi) is 7.05. The molecule has 0 unspecified atom stereocenters. The van der Waals surface area contributed by atoms with Crippen molar-refractivity contribution >= 4 is 28.7 Å². The summed E-state index contributed by atoms with van der Waals surface area (Å²) in [4.78, 5) is 28.3. The zero-order valence-electron chi connectivity index (χ0n) is 19.7. The highest BCUT2D eigenvalue weighted by atomic mass is 16.6. The van der Waals surface area contributed by atoms with Crippen LogP contribution in [0.25, 0.3) is 22.2 Å². The van der Waals surface area contributed by atoms with Crippen molar-refractivity contribution in [2.75, 3.05) is 21.3 Å². The second-order valence-electron chi connectivity index (χ2n) is 7.54. The normalized spacial score (nSPS) is 10.9. The molecule has 10 nitrogen and oxygen atoms in total. The Hall–Kier alpha value is -4.99. The first kappa shape index (κ1) is 24.1. The lowest BCUT2D eigenvalue weighted by atomic mass is 10.0. The van der Waals surface area contributed by atoms with Crippen molar-refractivity contribution in [1.82, 2.24) is 10.4 Å². The lowest BCUT2D eigenvalue weighted by molar-refractivity contribution is -0.384. The number of fused-ring (bicyclic) bond motifs is 1. The van der Waals surface area contributed by atoms with Crippen LogP contribution in [0.4, 0.5) is 5.69 Å². The van der Waals surface area contributed by atoms with Crippen LogP contribution in [0.3, 0.4) is 0 Å². The van der Waals surface area contributed by atoms with Gasteiger partial charge < -0.3 is 14.2 Å². The molecular weight excluding hydrogens is 464 g/mol. The average Bonchev–Trinajstić information content (AvgIpc) is 2.91. The maximum atomic E-state index is 13.1. The van der Waals surface area contributed by atoms with Crippen molar-refractivity contribution < 1.29 is 23.9 Å². The van der Waals surface area contributed by atoms with E-state index < -0.39 is 10.8 Å². The topological polar surface area (TPSA) is 125 Å². The van der Waals surface area contributed by atoms with E-state index in [2.05, 4.69) is 10.5 Å². The molecule has 0 fully saturated rings. The van der Waals surface area contributed by atoms with Crippen molar-refractivity contribution in [3.8, 4) is 28.5 Å². The molecular formula is C26H22N4O6. The molecule has 36 heavy (non-hydrogen) atoms. The van der Waals surface area contributed by atoms with Gasteiger partial charge in [0, 0.05) is 28.6 Å². The van der Waals surface area contributed by atoms with E-state index in [0.717, 1.165) is 0 Å². The van der Waals surface area contributed by atoms with E-state index in [0.29, 0.717) is 50.5 Å². The molecule has 182 valence electrons. The van der Waals surface area contributed by atoms with E-state index in [9.17, 15) is 14.9 Å². The lowest BCUT2D eigenvalue weighted by Gasteiger charge is -2.15. The molecule has 0 atom stereocenters. The number of hydrazone groups is 1. The van der Waals surface area contributed by atoms with Gasteiger partial charge in [-0.1, -0.05) is 30.3 Å². The Morgan fingerprint density at radius 2 is 1.69 bits per heavy atom. The Labute approximate surface area is 206 Å². The number of nitro groups is 1. The summed E-state index contributed by atoms with van der Waals surface area (Å²) in [7, 11) is 4.56. The summed E-state index contributed by atoms with van der Waals surface area (Å²) in [6.45, 7) is 0. The smallest absolute Gasteiger partial charge is 0.272 e. The van der Waals surface area contributed by atoms with Gasteiger partial charge in [0.05, 0.1) is 49.2 Å². The molecule has 0 spiro atoms. The second kappa shape index (κ2) is 10.5. The number of amides is 1. The lowest BCUT2D eigenvalue weighted by Crippen LogP contribution is -2.18. The van der Waals surface area contributed by atoms with Crippen LogP contribution < -0.4 is 19.6 Å². The van der Waals surface area contributed by atoms with E-state index in [1.54, 1.807) is 42.5 Å². The van der Waals surface area contributed by atoms with Crippen molar-refractivity contribution in [1.29, 1.82) is 0 Å². The molecule has 10 heteroatoms. The molecule has 0 aliphatic rings. The predicted molar refractivity (Wildman–Crippen MR) is 135 cm³/mol. The number of hydrogen-bond acceptors (Lipinski definition) is 8. The van der Waals surface area contributed by atoms with Gasteiger partial charge >= 0.3 is 0 Å². The van der Waals surface area contributed by atoms with Gasteiger partial charge in [0.2, 0.25) is 5.75 Å². The maximum Gasteiger partial charge on any atom is 0.272 e. The number of carbonyl (C=O) groups is 1. The minimum Gasteiger partial charge on any atom is -0.493 e. The fourth-order valence-corrected chi connectivity index (χ4v) is 3.68. The van der Waals surface area contributed by atoms with E-state index >= 15 is 0 Å². The Balaban J connectivity index is 1.72. The Morgan fingerprint density at radius 3 is 2.36 bits per heavy atom. The molecule has 1 N–H and O–H groups in total. The summed E-state index contributed by atoms with van der Waals surface area (Å²) in [5.41, 5.74) is 5.03. The molecule has 0 bridgehead atoms. The standard InChI is InChI=1S/C26H22N4O6/c1-34-23-12-17(13-24(35-2)25(23)36-3)22-14-20(19-9-4-5-10-21(19)28-22)26(31)29-27-15-16-7-6-8-18(11-16)30(32)33/h4-15H,1-3H3,(H,29,31)/b27-15+. The summed E-state index contributed by atoms with van der Waals surface area (Å²) in [6, 6.07) is 18.3. The average molecular weight is 486 g/mol. The number of para-hydroxylation sites is 1. The highest BCUT2D eigenvalue weighted by Gasteiger charge is 2.18. The summed E-state index contributed by atoms with van der Waals surface area (Å²) in [5, 5.41) is 15.6. The van der Waals surface area contributed by atoms with E-state index in [-0.39, 0.29) is 5.69 Å². The van der Waals surface area contributed by atoms with Crippen LogP contribution >= 0.6 is 0 Å². The van der Waals surface area contributed by atoms with Gasteiger partial charge in [-0.2, -0.15) is 5.10 Å². The molecule has 0 radical (unpaired) electrons. The van der Waals surface area contributed by atoms with Crippen LogP contribution in [0.1, 0.15) is 15.9 Å². The van der Waals surface area contributed by atoms with Gasteiger partial charge in [0.15, 0.2) is 11.5 Å². The SMILES string of the molecule is COc1cc(-c2cc(C(=O)N/N=C/c3cccc([N+](=O)[O-])c3)c3ccccc3n2)cc(OC)c1OC. The number of ether oxygens (including phenoxy) is 3. The summed E-state index contributed by atoms with van der Waals surface area (Å²) < 4.78 is 16.3. The quantitative estimate of drug-likeness (QED) is 0.219. The zero-order valence-corrected chi connectivity index (χ0v) is 19.7. The van der Waals surface area contributed by atoms with Crippen molar-refractivity contribution in [2.45, 2.75) is 0 Å². The van der Waals surface area contributed by atoms with Crippen LogP contribution in [0.2, 0.25) is 0 Å².